The summed E-state index contributed by atoms with van der Waals surface area (Å²) in [5, 5.41) is 7.73. The van der Waals surface area contributed by atoms with Gasteiger partial charge in [-0.2, -0.15) is 5.10 Å². The number of hydrogen-bond acceptors (Lipinski definition) is 2. The number of aryl methyl sites for hydroxylation is 2. The molecule has 1 N–H and O–H groups in total. The van der Waals surface area contributed by atoms with Crippen LogP contribution in [0.1, 0.15) is 32.2 Å². The van der Waals surface area contributed by atoms with E-state index in [0.29, 0.717) is 11.8 Å². The normalized spacial score (nSPS) is 15.1. The van der Waals surface area contributed by atoms with Gasteiger partial charge in [0.25, 0.3) is 0 Å². The molecule has 0 radical (unpaired) electrons. The standard InChI is InChI=1S/C13H25N3/c1-6-12-8-13(16(5)15-12)7-10(2)11(3)9-14-4/h8,10-11,14H,6-7,9H2,1-5H3. The van der Waals surface area contributed by atoms with Crippen LogP contribution < -0.4 is 5.32 Å². The molecular formula is C13H25N3. The number of hydrogen-bond donors (Lipinski definition) is 1. The maximum absolute atomic E-state index is 4.49. The second kappa shape index (κ2) is 6.04. The molecule has 0 aliphatic rings. The third-order valence-electron chi connectivity index (χ3n) is 3.42. The lowest BCUT2D eigenvalue weighted by molar-refractivity contribution is 0.367. The predicted molar refractivity (Wildman–Crippen MR) is 68.5 cm³/mol. The molecule has 1 aromatic rings. The molecule has 1 aromatic heterocycles. The summed E-state index contributed by atoms with van der Waals surface area (Å²) in [6, 6.07) is 2.24. The molecule has 1 rings (SSSR count). The van der Waals surface area contributed by atoms with Crippen LogP contribution in [0, 0.1) is 11.8 Å². The van der Waals surface area contributed by atoms with E-state index in [2.05, 4.69) is 37.3 Å². The van der Waals surface area contributed by atoms with E-state index in [-0.39, 0.29) is 0 Å². The zero-order valence-corrected chi connectivity index (χ0v) is 11.2. The summed E-state index contributed by atoms with van der Waals surface area (Å²) in [5.74, 6) is 1.39. The molecule has 0 aliphatic heterocycles. The van der Waals surface area contributed by atoms with Gasteiger partial charge in [-0.1, -0.05) is 20.8 Å². The summed E-state index contributed by atoms with van der Waals surface area (Å²) in [4.78, 5) is 0. The summed E-state index contributed by atoms with van der Waals surface area (Å²) in [5.41, 5.74) is 2.55. The second-order valence-electron chi connectivity index (χ2n) is 4.82. The topological polar surface area (TPSA) is 29.9 Å². The average Bonchev–Trinajstić information content (AvgIpc) is 2.60. The molecule has 0 aliphatic carbocycles. The molecule has 0 amide bonds. The van der Waals surface area contributed by atoms with E-state index in [0.717, 1.165) is 19.4 Å². The minimum Gasteiger partial charge on any atom is -0.319 e. The SMILES string of the molecule is CCc1cc(CC(C)C(C)CNC)n(C)n1. The lowest BCUT2D eigenvalue weighted by Gasteiger charge is -2.19. The van der Waals surface area contributed by atoms with Crippen LogP contribution in [0.4, 0.5) is 0 Å². The third kappa shape index (κ3) is 3.34. The largest absolute Gasteiger partial charge is 0.319 e. The fraction of sp³-hybridized carbons (Fsp3) is 0.769. The Morgan fingerprint density at radius 2 is 2.06 bits per heavy atom. The van der Waals surface area contributed by atoms with E-state index in [1.807, 2.05) is 18.8 Å². The van der Waals surface area contributed by atoms with Crippen LogP contribution in [0.15, 0.2) is 6.07 Å². The highest BCUT2D eigenvalue weighted by Crippen LogP contribution is 2.17. The van der Waals surface area contributed by atoms with Crippen molar-refractivity contribution in [2.24, 2.45) is 18.9 Å². The first-order valence-corrected chi connectivity index (χ1v) is 6.24. The molecule has 92 valence electrons. The van der Waals surface area contributed by atoms with Crippen molar-refractivity contribution in [1.82, 2.24) is 15.1 Å². The molecule has 2 atom stereocenters. The highest BCUT2D eigenvalue weighted by Gasteiger charge is 2.14. The Hall–Kier alpha value is -0.830. The molecule has 16 heavy (non-hydrogen) atoms. The number of nitrogens with one attached hydrogen (secondary N) is 1. The summed E-state index contributed by atoms with van der Waals surface area (Å²) in [7, 11) is 4.06. The molecule has 0 aromatic carbocycles. The second-order valence-corrected chi connectivity index (χ2v) is 4.82. The highest BCUT2D eigenvalue weighted by atomic mass is 15.3. The van der Waals surface area contributed by atoms with Crippen LogP contribution in [0.3, 0.4) is 0 Å². The third-order valence-corrected chi connectivity index (χ3v) is 3.42. The van der Waals surface area contributed by atoms with Crippen LogP contribution in [0.5, 0.6) is 0 Å². The molecule has 0 fully saturated rings. The van der Waals surface area contributed by atoms with Gasteiger partial charge in [-0.25, -0.2) is 0 Å². The van der Waals surface area contributed by atoms with Crippen molar-refractivity contribution < 1.29 is 0 Å². The van der Waals surface area contributed by atoms with Crippen LogP contribution in [-0.2, 0) is 19.9 Å². The van der Waals surface area contributed by atoms with Crippen molar-refractivity contribution in [3.05, 3.63) is 17.5 Å². The van der Waals surface area contributed by atoms with Crippen molar-refractivity contribution >= 4 is 0 Å². The van der Waals surface area contributed by atoms with Crippen molar-refractivity contribution in [2.45, 2.75) is 33.6 Å². The minimum atomic E-state index is 0.688. The molecule has 0 saturated heterocycles. The first-order chi connectivity index (χ1) is 7.58. The first kappa shape index (κ1) is 13.2. The van der Waals surface area contributed by atoms with Gasteiger partial charge in [-0.15, -0.1) is 0 Å². The van der Waals surface area contributed by atoms with Gasteiger partial charge in [0.1, 0.15) is 0 Å². The van der Waals surface area contributed by atoms with Gasteiger partial charge < -0.3 is 5.32 Å². The first-order valence-electron chi connectivity index (χ1n) is 6.24. The smallest absolute Gasteiger partial charge is 0.0624 e. The maximum atomic E-state index is 4.49. The van der Waals surface area contributed by atoms with E-state index in [4.69, 9.17) is 0 Å². The van der Waals surface area contributed by atoms with E-state index in [9.17, 15) is 0 Å². The lowest BCUT2D eigenvalue weighted by atomic mass is 9.91. The van der Waals surface area contributed by atoms with Gasteiger partial charge in [-0.3, -0.25) is 4.68 Å². The highest BCUT2D eigenvalue weighted by molar-refractivity contribution is 5.10. The fourth-order valence-corrected chi connectivity index (χ4v) is 1.99. The van der Waals surface area contributed by atoms with Crippen LogP contribution in [0.25, 0.3) is 0 Å². The van der Waals surface area contributed by atoms with Crippen molar-refractivity contribution in [3.8, 4) is 0 Å². The van der Waals surface area contributed by atoms with Gasteiger partial charge in [0, 0.05) is 12.7 Å². The summed E-state index contributed by atoms with van der Waals surface area (Å²) < 4.78 is 2.03. The minimum absolute atomic E-state index is 0.688. The number of rotatable bonds is 6. The number of nitrogens with zero attached hydrogens (tertiary/aromatic N) is 2. The van der Waals surface area contributed by atoms with E-state index in [1.54, 1.807) is 0 Å². The van der Waals surface area contributed by atoms with E-state index in [1.165, 1.54) is 11.4 Å². The lowest BCUT2D eigenvalue weighted by Crippen LogP contribution is -2.23. The van der Waals surface area contributed by atoms with E-state index >= 15 is 0 Å². The van der Waals surface area contributed by atoms with Crippen molar-refractivity contribution in [1.29, 1.82) is 0 Å². The fourth-order valence-electron chi connectivity index (χ4n) is 1.99. The Balaban J connectivity index is 2.61. The molecule has 0 bridgehead atoms. The molecular weight excluding hydrogens is 198 g/mol. The van der Waals surface area contributed by atoms with Crippen LogP contribution >= 0.6 is 0 Å². The Labute approximate surface area is 99.2 Å². The predicted octanol–water partition coefficient (Wildman–Crippen LogP) is 2.02. The van der Waals surface area contributed by atoms with Crippen molar-refractivity contribution in [2.75, 3.05) is 13.6 Å². The Bertz CT molecular complexity index is 317. The van der Waals surface area contributed by atoms with E-state index < -0.39 is 0 Å². The van der Waals surface area contributed by atoms with Gasteiger partial charge in [0.05, 0.1) is 5.69 Å². The molecule has 0 spiro atoms. The summed E-state index contributed by atoms with van der Waals surface area (Å²) in [6.07, 6.45) is 2.14. The van der Waals surface area contributed by atoms with Gasteiger partial charge >= 0.3 is 0 Å². The van der Waals surface area contributed by atoms with Crippen molar-refractivity contribution in [3.63, 3.8) is 0 Å². The summed E-state index contributed by atoms with van der Waals surface area (Å²) >= 11 is 0. The summed E-state index contributed by atoms with van der Waals surface area (Å²) in [6.45, 7) is 7.86. The number of aromatic nitrogens is 2. The zero-order valence-electron chi connectivity index (χ0n) is 11.2. The molecule has 1 heterocycles. The van der Waals surface area contributed by atoms with Gasteiger partial charge in [0.2, 0.25) is 0 Å². The van der Waals surface area contributed by atoms with Crippen LogP contribution in [-0.4, -0.2) is 23.4 Å². The molecule has 2 unspecified atom stereocenters. The quantitative estimate of drug-likeness (QED) is 0.799. The maximum Gasteiger partial charge on any atom is 0.0624 e. The average molecular weight is 223 g/mol. The molecule has 0 saturated carbocycles. The Morgan fingerprint density at radius 1 is 1.38 bits per heavy atom. The molecule has 3 heteroatoms. The zero-order chi connectivity index (χ0) is 12.1. The van der Waals surface area contributed by atoms with Gasteiger partial charge in [0.15, 0.2) is 0 Å². The van der Waals surface area contributed by atoms with Crippen LogP contribution in [0.2, 0.25) is 0 Å². The molecule has 3 nitrogen and oxygen atoms in total. The Kier molecular flexibility index (Phi) is 5.00. The monoisotopic (exact) mass is 223 g/mol. The Morgan fingerprint density at radius 3 is 2.56 bits per heavy atom. The van der Waals surface area contributed by atoms with Gasteiger partial charge in [-0.05, 0) is 44.3 Å².